The van der Waals surface area contributed by atoms with Crippen LogP contribution in [-0.4, -0.2) is 82.6 Å². The van der Waals surface area contributed by atoms with Crippen molar-refractivity contribution in [1.82, 2.24) is 29.6 Å². The molecule has 4 rings (SSSR count). The number of nitrogens with zero attached hydrogens (tertiary/aromatic N) is 7. The Kier molecular flexibility index (Phi) is 4.49. The average Bonchev–Trinajstić information content (AvgIpc) is 3.08. The molecule has 1 aliphatic heterocycles. The molecule has 0 radical (unpaired) electrons. The van der Waals surface area contributed by atoms with E-state index in [1.165, 1.54) is 0 Å². The van der Waals surface area contributed by atoms with Crippen LogP contribution < -0.4 is 10.2 Å². The molecule has 2 aromatic heterocycles. The smallest absolute Gasteiger partial charge is 0.224 e. The summed E-state index contributed by atoms with van der Waals surface area (Å²) in [4.78, 5) is 17.6. The van der Waals surface area contributed by atoms with Gasteiger partial charge >= 0.3 is 0 Å². The summed E-state index contributed by atoms with van der Waals surface area (Å²) in [6.07, 6.45) is 7.54. The highest BCUT2D eigenvalue weighted by Crippen LogP contribution is 2.42. The molecule has 2 aromatic rings. The van der Waals surface area contributed by atoms with Crippen LogP contribution in [0.1, 0.15) is 12.8 Å². The molecule has 0 unspecified atom stereocenters. The van der Waals surface area contributed by atoms with Gasteiger partial charge in [-0.25, -0.2) is 14.6 Å². The fraction of sp³-hybridized carbons (Fsp3) is 0.647. The number of likely N-dealkylation sites (N-methyl/N-ethyl adjacent to an activating group) is 1. The molecule has 1 N–H and O–H groups in total. The molecule has 9 heteroatoms. The SMILES string of the molecule is CO[C@@H]1CN(c2ccnc(NCC3(n4cncn4)CC3)n2)C[C@@H]1N(C)C. The van der Waals surface area contributed by atoms with E-state index in [0.29, 0.717) is 12.0 Å². The summed E-state index contributed by atoms with van der Waals surface area (Å²) in [5, 5.41) is 7.66. The zero-order valence-corrected chi connectivity index (χ0v) is 15.5. The van der Waals surface area contributed by atoms with Gasteiger partial charge in [-0.2, -0.15) is 10.1 Å². The summed E-state index contributed by atoms with van der Waals surface area (Å²) in [6, 6.07) is 2.31. The fourth-order valence-electron chi connectivity index (χ4n) is 3.61. The van der Waals surface area contributed by atoms with Crippen molar-refractivity contribution in [3.05, 3.63) is 24.9 Å². The van der Waals surface area contributed by atoms with Gasteiger partial charge in [0.15, 0.2) is 0 Å². The number of hydrogen-bond acceptors (Lipinski definition) is 8. The van der Waals surface area contributed by atoms with Crippen molar-refractivity contribution in [1.29, 1.82) is 0 Å². The topological polar surface area (TPSA) is 84.2 Å². The van der Waals surface area contributed by atoms with Gasteiger partial charge in [-0.15, -0.1) is 0 Å². The van der Waals surface area contributed by atoms with E-state index in [0.717, 1.165) is 38.3 Å². The molecule has 0 spiro atoms. The van der Waals surface area contributed by atoms with E-state index in [9.17, 15) is 0 Å². The molecular formula is C17H26N8O. The second kappa shape index (κ2) is 6.81. The van der Waals surface area contributed by atoms with Gasteiger partial charge in [0.05, 0.1) is 17.7 Å². The average molecular weight is 358 g/mol. The predicted molar refractivity (Wildman–Crippen MR) is 98.2 cm³/mol. The molecule has 1 aliphatic carbocycles. The highest BCUT2D eigenvalue weighted by atomic mass is 16.5. The monoisotopic (exact) mass is 358 g/mol. The first-order valence-electron chi connectivity index (χ1n) is 8.97. The van der Waals surface area contributed by atoms with Crippen LogP contribution in [0, 0.1) is 0 Å². The number of nitrogens with one attached hydrogen (secondary N) is 1. The lowest BCUT2D eigenvalue weighted by molar-refractivity contribution is 0.0639. The summed E-state index contributed by atoms with van der Waals surface area (Å²) in [7, 11) is 5.95. The van der Waals surface area contributed by atoms with Crippen LogP contribution >= 0.6 is 0 Å². The maximum absolute atomic E-state index is 5.65. The molecule has 140 valence electrons. The van der Waals surface area contributed by atoms with E-state index in [1.54, 1.807) is 19.8 Å². The maximum atomic E-state index is 5.65. The van der Waals surface area contributed by atoms with Crippen LogP contribution in [0.25, 0.3) is 0 Å². The Bertz CT molecular complexity index is 730. The van der Waals surface area contributed by atoms with Gasteiger partial charge < -0.3 is 19.9 Å². The highest BCUT2D eigenvalue weighted by molar-refractivity contribution is 5.44. The highest BCUT2D eigenvalue weighted by Gasteiger charge is 2.45. The first kappa shape index (κ1) is 17.2. The standard InChI is InChI=1S/C17H26N8O/c1-23(2)13-8-24(9-14(13)26-3)15-4-7-19-16(22-15)20-10-17(5-6-17)25-12-18-11-21-25/h4,7,11-14H,5-6,8-10H2,1-3H3,(H,19,20,22)/t13-,14+/m0/s1. The van der Waals surface area contributed by atoms with Crippen molar-refractivity contribution < 1.29 is 4.74 Å². The van der Waals surface area contributed by atoms with Gasteiger partial charge in [0.1, 0.15) is 18.5 Å². The molecule has 0 bridgehead atoms. The molecule has 2 atom stereocenters. The van der Waals surface area contributed by atoms with Gasteiger partial charge in [-0.1, -0.05) is 0 Å². The molecule has 2 aliphatic rings. The molecule has 0 aromatic carbocycles. The summed E-state index contributed by atoms with van der Waals surface area (Å²) >= 11 is 0. The Morgan fingerprint density at radius 3 is 2.81 bits per heavy atom. The second-order valence-electron chi connectivity index (χ2n) is 7.37. The minimum atomic E-state index is 0.0146. The van der Waals surface area contributed by atoms with Crippen LogP contribution in [-0.2, 0) is 10.3 Å². The van der Waals surface area contributed by atoms with E-state index < -0.39 is 0 Å². The molecule has 3 heterocycles. The molecular weight excluding hydrogens is 332 g/mol. The molecule has 0 amide bonds. The quantitative estimate of drug-likeness (QED) is 0.763. The van der Waals surface area contributed by atoms with Gasteiger partial charge in [0, 0.05) is 32.9 Å². The number of methoxy groups -OCH3 is 1. The third kappa shape index (κ3) is 3.24. The Morgan fingerprint density at radius 2 is 2.19 bits per heavy atom. The van der Waals surface area contributed by atoms with E-state index in [2.05, 4.69) is 44.3 Å². The summed E-state index contributed by atoms with van der Waals surface area (Å²) in [5.41, 5.74) is 0.0146. The Hall–Kier alpha value is -2.26. The lowest BCUT2D eigenvalue weighted by Gasteiger charge is -2.23. The summed E-state index contributed by atoms with van der Waals surface area (Å²) in [5.74, 6) is 1.58. The fourth-order valence-corrected chi connectivity index (χ4v) is 3.61. The van der Waals surface area contributed by atoms with Gasteiger partial charge in [0.2, 0.25) is 5.95 Å². The number of rotatable bonds is 7. The lowest BCUT2D eigenvalue weighted by atomic mass is 10.2. The molecule has 1 saturated carbocycles. The van der Waals surface area contributed by atoms with Gasteiger partial charge in [0.25, 0.3) is 0 Å². The van der Waals surface area contributed by atoms with Crippen LogP contribution in [0.3, 0.4) is 0 Å². The van der Waals surface area contributed by atoms with Gasteiger partial charge in [-0.05, 0) is 33.0 Å². The van der Waals surface area contributed by atoms with Crippen LogP contribution in [0.4, 0.5) is 11.8 Å². The molecule has 2 fully saturated rings. The molecule has 26 heavy (non-hydrogen) atoms. The van der Waals surface area contributed by atoms with Crippen molar-refractivity contribution in [3.63, 3.8) is 0 Å². The van der Waals surface area contributed by atoms with E-state index in [1.807, 2.05) is 16.9 Å². The van der Waals surface area contributed by atoms with Crippen molar-refractivity contribution in [2.45, 2.75) is 30.5 Å². The van der Waals surface area contributed by atoms with Crippen molar-refractivity contribution in [3.8, 4) is 0 Å². The first-order chi connectivity index (χ1) is 12.6. The van der Waals surface area contributed by atoms with Crippen molar-refractivity contribution in [2.75, 3.05) is 51.1 Å². The molecule has 9 nitrogen and oxygen atoms in total. The van der Waals surface area contributed by atoms with Crippen LogP contribution in [0.15, 0.2) is 24.9 Å². The molecule has 1 saturated heterocycles. The lowest BCUT2D eigenvalue weighted by Crippen LogP contribution is -2.39. The van der Waals surface area contributed by atoms with Gasteiger partial charge in [-0.3, -0.25) is 0 Å². The Balaban J connectivity index is 1.43. The number of anilines is 2. The largest absolute Gasteiger partial charge is 0.378 e. The van der Waals surface area contributed by atoms with Crippen LogP contribution in [0.2, 0.25) is 0 Å². The summed E-state index contributed by atoms with van der Waals surface area (Å²) < 4.78 is 7.59. The summed E-state index contributed by atoms with van der Waals surface area (Å²) in [6.45, 7) is 2.48. The Labute approximate surface area is 153 Å². The minimum Gasteiger partial charge on any atom is -0.378 e. The normalized spacial score (nSPS) is 24.2. The number of aromatic nitrogens is 5. The zero-order valence-electron chi connectivity index (χ0n) is 15.5. The van der Waals surface area contributed by atoms with E-state index >= 15 is 0 Å². The second-order valence-corrected chi connectivity index (χ2v) is 7.37. The third-order valence-corrected chi connectivity index (χ3v) is 5.48. The zero-order chi connectivity index (χ0) is 18.1. The number of ether oxygens (including phenoxy) is 1. The van der Waals surface area contributed by atoms with E-state index in [-0.39, 0.29) is 11.6 Å². The van der Waals surface area contributed by atoms with E-state index in [4.69, 9.17) is 9.72 Å². The van der Waals surface area contributed by atoms with Crippen molar-refractivity contribution in [2.24, 2.45) is 0 Å². The van der Waals surface area contributed by atoms with Crippen LogP contribution in [0.5, 0.6) is 0 Å². The number of hydrogen-bond donors (Lipinski definition) is 1. The maximum Gasteiger partial charge on any atom is 0.224 e. The van der Waals surface area contributed by atoms with Crippen molar-refractivity contribution >= 4 is 11.8 Å². The third-order valence-electron chi connectivity index (χ3n) is 5.48. The minimum absolute atomic E-state index is 0.0146. The Morgan fingerprint density at radius 1 is 1.35 bits per heavy atom. The first-order valence-corrected chi connectivity index (χ1v) is 8.97. The predicted octanol–water partition coefficient (Wildman–Crippen LogP) is 0.435.